The number of nitrogens with zero attached hydrogens (tertiary/aromatic N) is 3. The Morgan fingerprint density at radius 1 is 1.07 bits per heavy atom. The van der Waals surface area contributed by atoms with Gasteiger partial charge >= 0.3 is 13.7 Å². The van der Waals surface area contributed by atoms with E-state index in [9.17, 15) is 9.36 Å². The van der Waals surface area contributed by atoms with E-state index in [2.05, 4.69) is 4.98 Å². The Balaban J connectivity index is 1.84. The number of benzene rings is 1. The molecule has 0 atom stereocenters. The highest BCUT2D eigenvalue weighted by molar-refractivity contribution is 7.99. The molecule has 14 heteroatoms. The lowest BCUT2D eigenvalue weighted by molar-refractivity contribution is 0.145. The average molecular weight is 674 g/mol. The summed E-state index contributed by atoms with van der Waals surface area (Å²) in [6.45, 7) is 9.06. The summed E-state index contributed by atoms with van der Waals surface area (Å²) in [5, 5.41) is 1.87. The van der Waals surface area contributed by atoms with E-state index in [1.807, 2.05) is 50.5 Å². The van der Waals surface area contributed by atoms with Crippen LogP contribution in [0.4, 0.5) is 4.79 Å². The number of hydrogen-bond donors (Lipinski definition) is 1. The second-order valence-electron chi connectivity index (χ2n) is 10.0. The van der Waals surface area contributed by atoms with Gasteiger partial charge in [0.15, 0.2) is 13.0 Å². The van der Waals surface area contributed by atoms with Crippen LogP contribution in [0, 0.1) is 0 Å². The summed E-state index contributed by atoms with van der Waals surface area (Å²) in [5.41, 5.74) is 6.90. The fourth-order valence-corrected chi connectivity index (χ4v) is 7.06. The normalized spacial score (nSPS) is 11.7. The molecule has 0 aliphatic heterocycles. The van der Waals surface area contributed by atoms with Crippen molar-refractivity contribution < 1.29 is 27.9 Å². The van der Waals surface area contributed by atoms with Crippen LogP contribution in [-0.2, 0) is 31.5 Å². The maximum Gasteiger partial charge on any atom is 0.404 e. The minimum absolute atomic E-state index is 0.0643. The Morgan fingerprint density at radius 2 is 1.72 bits per heavy atom. The van der Waals surface area contributed by atoms with E-state index >= 15 is 0 Å². The van der Waals surface area contributed by atoms with Crippen molar-refractivity contribution in [3.05, 3.63) is 63.7 Å². The zero-order valence-electron chi connectivity index (χ0n) is 24.9. The van der Waals surface area contributed by atoms with E-state index in [1.54, 1.807) is 18.3 Å². The van der Waals surface area contributed by atoms with Crippen molar-refractivity contribution in [2.24, 2.45) is 5.73 Å². The van der Waals surface area contributed by atoms with Crippen LogP contribution in [0.1, 0.15) is 76.4 Å². The third kappa shape index (κ3) is 11.3. The second-order valence-corrected chi connectivity index (χ2v) is 14.0. The summed E-state index contributed by atoms with van der Waals surface area (Å²) in [5.74, 6) is 0.873. The lowest BCUT2D eigenvalue weighted by Gasteiger charge is -2.19. The maximum absolute atomic E-state index is 13.2. The van der Waals surface area contributed by atoms with Crippen molar-refractivity contribution in [2.45, 2.75) is 82.4 Å². The molecule has 236 valence electrons. The van der Waals surface area contributed by atoms with Crippen molar-refractivity contribution in [1.82, 2.24) is 14.5 Å². The molecule has 0 spiro atoms. The maximum atomic E-state index is 13.2. The molecular weight excluding hydrogens is 634 g/mol. The number of hydrogen-bond acceptors (Lipinski definition) is 9. The quantitative estimate of drug-likeness (QED) is 0.104. The number of carbonyl (C=O) groups is 1. The highest BCUT2D eigenvalue weighted by Crippen LogP contribution is 2.48. The molecule has 2 N–H and O–H groups in total. The van der Waals surface area contributed by atoms with Crippen molar-refractivity contribution in [1.29, 1.82) is 0 Å². The predicted molar refractivity (Wildman–Crippen MR) is 169 cm³/mol. The molecule has 0 aliphatic rings. The molecule has 3 aromatic rings. The summed E-state index contributed by atoms with van der Waals surface area (Å²) in [7, 11) is -3.44. The van der Waals surface area contributed by atoms with Crippen molar-refractivity contribution in [3.8, 4) is 5.88 Å². The third-order valence-corrected chi connectivity index (χ3v) is 9.17. The summed E-state index contributed by atoms with van der Waals surface area (Å²) in [6, 6.07) is 8.86. The number of primary amides is 1. The van der Waals surface area contributed by atoms with Gasteiger partial charge in [0.25, 0.3) is 0 Å². The van der Waals surface area contributed by atoms with Gasteiger partial charge in [0.2, 0.25) is 5.88 Å². The summed E-state index contributed by atoms with van der Waals surface area (Å²) in [4.78, 5) is 21.5. The Kier molecular flexibility index (Phi) is 14.1. The molecule has 0 saturated carbocycles. The Bertz CT molecular complexity index is 1360. The van der Waals surface area contributed by atoms with Gasteiger partial charge in [-0.15, -0.1) is 0 Å². The Morgan fingerprint density at radius 3 is 2.26 bits per heavy atom. The van der Waals surface area contributed by atoms with Crippen molar-refractivity contribution in [2.75, 3.05) is 19.6 Å². The monoisotopic (exact) mass is 672 g/mol. The Labute approximate surface area is 267 Å². The summed E-state index contributed by atoms with van der Waals surface area (Å²) < 4.78 is 37.2. The molecule has 43 heavy (non-hydrogen) atoms. The number of ether oxygens (including phenoxy) is 2. The van der Waals surface area contributed by atoms with E-state index in [4.69, 9.17) is 52.4 Å². The van der Waals surface area contributed by atoms with Crippen LogP contribution in [0.15, 0.2) is 46.5 Å². The van der Waals surface area contributed by atoms with Crippen LogP contribution in [0.2, 0.25) is 10.0 Å². The zero-order chi connectivity index (χ0) is 31.4. The average Bonchev–Trinajstić information content (AvgIpc) is 3.28. The number of nitrogens with two attached hydrogens (primary N) is 1. The molecule has 0 aliphatic carbocycles. The number of unbranched alkanes of at least 4 members (excludes halogenated alkanes) is 2. The molecule has 0 saturated heterocycles. The molecule has 0 bridgehead atoms. The van der Waals surface area contributed by atoms with Crippen LogP contribution in [-0.4, -0.2) is 40.2 Å². The first kappa shape index (κ1) is 35.2. The largest absolute Gasteiger partial charge is 0.465 e. The van der Waals surface area contributed by atoms with Gasteiger partial charge in [-0.05, 0) is 42.5 Å². The van der Waals surface area contributed by atoms with Crippen LogP contribution in [0.5, 0.6) is 5.88 Å². The van der Waals surface area contributed by atoms with E-state index < -0.39 is 13.7 Å². The van der Waals surface area contributed by atoms with Gasteiger partial charge < -0.3 is 28.8 Å². The van der Waals surface area contributed by atoms with Gasteiger partial charge in [-0.2, -0.15) is 0 Å². The molecule has 0 fully saturated rings. The minimum Gasteiger partial charge on any atom is -0.465 e. The molecule has 1 amide bonds. The fourth-order valence-electron chi connectivity index (χ4n) is 3.82. The number of imidazole rings is 1. The highest BCUT2D eigenvalue weighted by Gasteiger charge is 2.26. The third-order valence-electron chi connectivity index (χ3n) is 6.05. The molecule has 3 rings (SSSR count). The molecule has 0 radical (unpaired) electrons. The van der Waals surface area contributed by atoms with Crippen LogP contribution >= 0.6 is 42.6 Å². The molecular formula is C29H39Cl2N4O6PS. The van der Waals surface area contributed by atoms with Gasteiger partial charge in [0.1, 0.15) is 10.9 Å². The van der Waals surface area contributed by atoms with Gasteiger partial charge in [-0.1, -0.05) is 81.6 Å². The number of amides is 1. The predicted octanol–water partition coefficient (Wildman–Crippen LogP) is 8.67. The number of rotatable bonds is 18. The molecule has 2 heterocycles. The number of pyridine rings is 1. The van der Waals surface area contributed by atoms with Gasteiger partial charge in [-0.25, -0.2) is 14.8 Å². The standard InChI is InChI=1S/C29H39Cl2N4O6PS/c1-5-7-11-40-42(37,41-12-8-6-2)19-39-26-10-9-21(16-33-26)17-35-25(18-38-29(32)36)34-27(20(3)4)28(35)43-24-14-22(30)13-23(31)15-24/h9-10,13-16,20H,5-8,11-12,17-19H2,1-4H3,(H2,32,36). The van der Waals surface area contributed by atoms with Gasteiger partial charge in [0, 0.05) is 27.2 Å². The highest BCUT2D eigenvalue weighted by atomic mass is 35.5. The van der Waals surface area contributed by atoms with Crippen molar-refractivity contribution >= 4 is 48.7 Å². The van der Waals surface area contributed by atoms with E-state index in [0.717, 1.165) is 46.9 Å². The fraction of sp³-hybridized carbons (Fsp3) is 0.483. The molecule has 2 aromatic heterocycles. The molecule has 0 unspecified atom stereocenters. The first-order valence-electron chi connectivity index (χ1n) is 14.1. The molecule has 10 nitrogen and oxygen atoms in total. The lowest BCUT2D eigenvalue weighted by Crippen LogP contribution is -2.15. The summed E-state index contributed by atoms with van der Waals surface area (Å²) in [6.07, 6.45) is 3.92. The Hall–Kier alpha value is -2.27. The van der Waals surface area contributed by atoms with Crippen LogP contribution in [0.25, 0.3) is 0 Å². The first-order valence-corrected chi connectivity index (χ1v) is 17.4. The smallest absolute Gasteiger partial charge is 0.404 e. The van der Waals surface area contributed by atoms with Gasteiger partial charge in [0.05, 0.1) is 25.5 Å². The second kappa shape index (κ2) is 17.3. The van der Waals surface area contributed by atoms with E-state index in [-0.39, 0.29) is 24.8 Å². The van der Waals surface area contributed by atoms with Crippen LogP contribution < -0.4 is 10.5 Å². The number of carbonyl (C=O) groups excluding carboxylic acids is 1. The number of halogens is 2. The minimum atomic E-state index is -3.44. The van der Waals surface area contributed by atoms with E-state index in [1.165, 1.54) is 11.8 Å². The topological polar surface area (TPSA) is 128 Å². The van der Waals surface area contributed by atoms with Gasteiger partial charge in [-0.3, -0.25) is 4.57 Å². The van der Waals surface area contributed by atoms with Crippen LogP contribution in [0.3, 0.4) is 0 Å². The lowest BCUT2D eigenvalue weighted by atomic mass is 10.1. The first-order chi connectivity index (χ1) is 20.5. The number of aromatic nitrogens is 3. The SMILES string of the molecule is CCCCOP(=O)(COc1ccc(Cn2c(COC(N)=O)nc(C(C)C)c2Sc2cc(Cl)cc(Cl)c2)cn1)OCCCC. The van der Waals surface area contributed by atoms with E-state index in [0.29, 0.717) is 35.6 Å². The summed E-state index contributed by atoms with van der Waals surface area (Å²) >= 11 is 14.0. The van der Waals surface area contributed by atoms with Crippen molar-refractivity contribution in [3.63, 3.8) is 0 Å². The zero-order valence-corrected chi connectivity index (χ0v) is 28.1. The molecule has 1 aromatic carbocycles.